The van der Waals surface area contributed by atoms with Gasteiger partial charge in [-0.1, -0.05) is 30.3 Å². The van der Waals surface area contributed by atoms with Gasteiger partial charge in [-0.2, -0.15) is 18.3 Å². The van der Waals surface area contributed by atoms with E-state index in [1.54, 1.807) is 26.3 Å². The second kappa shape index (κ2) is 7.71. The molecule has 2 aromatic carbocycles. The van der Waals surface area contributed by atoms with Crippen molar-refractivity contribution in [2.24, 2.45) is 0 Å². The second-order valence-corrected chi connectivity index (χ2v) is 6.63. The monoisotopic (exact) mass is 427 g/mol. The van der Waals surface area contributed by atoms with E-state index in [1.165, 1.54) is 22.7 Å². The molecule has 0 saturated heterocycles. The Morgan fingerprint density at radius 2 is 1.74 bits per heavy atom. The topological polar surface area (TPSA) is 81.4 Å². The number of fused-ring (bicyclic) bond motifs is 1. The van der Waals surface area contributed by atoms with Gasteiger partial charge < -0.3 is 10.1 Å². The smallest absolute Gasteiger partial charge is 0.418 e. The van der Waals surface area contributed by atoms with E-state index in [1.807, 2.05) is 18.2 Å². The Bertz CT molecular complexity index is 1280. The van der Waals surface area contributed by atoms with Crippen LogP contribution in [0.5, 0.6) is 5.75 Å². The van der Waals surface area contributed by atoms with Crippen molar-refractivity contribution < 1.29 is 22.7 Å². The largest absolute Gasteiger partial charge is 0.496 e. The molecule has 2 aromatic heterocycles. The second-order valence-electron chi connectivity index (χ2n) is 6.63. The Balaban J connectivity index is 1.73. The van der Waals surface area contributed by atoms with Crippen LogP contribution in [-0.4, -0.2) is 32.8 Å². The molecule has 0 atom stereocenters. The number of benzene rings is 2. The summed E-state index contributed by atoms with van der Waals surface area (Å²) in [7, 11) is 1.54. The van der Waals surface area contributed by atoms with Gasteiger partial charge in [0.1, 0.15) is 5.75 Å². The van der Waals surface area contributed by atoms with Crippen molar-refractivity contribution in [2.45, 2.75) is 13.1 Å². The number of rotatable bonds is 4. The first kappa shape index (κ1) is 20.3. The molecule has 0 radical (unpaired) electrons. The number of nitrogens with zero attached hydrogens (tertiary/aromatic N) is 4. The summed E-state index contributed by atoms with van der Waals surface area (Å²) in [6.07, 6.45) is -3.05. The predicted octanol–water partition coefficient (Wildman–Crippen LogP) is 4.38. The summed E-state index contributed by atoms with van der Waals surface area (Å²) in [5, 5.41) is 14.6. The number of carbonyl (C=O) groups excluding carboxylic acids is 1. The Labute approximate surface area is 174 Å². The van der Waals surface area contributed by atoms with E-state index in [9.17, 15) is 18.0 Å². The lowest BCUT2D eigenvalue weighted by atomic mass is 10.1. The predicted molar refractivity (Wildman–Crippen MR) is 107 cm³/mol. The molecule has 0 aliphatic heterocycles. The van der Waals surface area contributed by atoms with Crippen LogP contribution in [0.15, 0.2) is 54.7 Å². The quantitative estimate of drug-likeness (QED) is 0.523. The molecule has 1 amide bonds. The molecule has 31 heavy (non-hydrogen) atoms. The standard InChI is InChI=1S/C21H16F3N5O2/c1-12-18(20(30)26-16-9-5-4-8-15(16)21(22,23)24)27-28-19-14(11-25-29(12)19)13-7-3-6-10-17(13)31-2/h3-11H,1-2H3,(H,26,30). The first-order chi connectivity index (χ1) is 14.8. The van der Waals surface area contributed by atoms with E-state index < -0.39 is 17.6 Å². The summed E-state index contributed by atoms with van der Waals surface area (Å²) >= 11 is 0. The Morgan fingerprint density at radius 1 is 1.03 bits per heavy atom. The van der Waals surface area contributed by atoms with Crippen LogP contribution in [0.4, 0.5) is 18.9 Å². The number of para-hydroxylation sites is 2. The first-order valence-electron chi connectivity index (χ1n) is 9.13. The van der Waals surface area contributed by atoms with Crippen LogP contribution in [0, 0.1) is 6.92 Å². The molecule has 0 spiro atoms. The summed E-state index contributed by atoms with van der Waals surface area (Å²) < 4.78 is 46.4. The minimum absolute atomic E-state index is 0.140. The summed E-state index contributed by atoms with van der Waals surface area (Å²) in [4.78, 5) is 12.7. The van der Waals surface area contributed by atoms with Gasteiger partial charge >= 0.3 is 6.18 Å². The number of ether oxygens (including phenoxy) is 1. The molecule has 0 fully saturated rings. The zero-order valence-corrected chi connectivity index (χ0v) is 16.4. The van der Waals surface area contributed by atoms with Crippen molar-refractivity contribution in [3.05, 3.63) is 71.7 Å². The lowest BCUT2D eigenvalue weighted by Gasteiger charge is -2.14. The number of alkyl halides is 3. The number of anilines is 1. The van der Waals surface area contributed by atoms with Crippen molar-refractivity contribution >= 4 is 17.2 Å². The van der Waals surface area contributed by atoms with Gasteiger partial charge in [0, 0.05) is 5.56 Å². The number of methoxy groups -OCH3 is 1. The minimum Gasteiger partial charge on any atom is -0.496 e. The van der Waals surface area contributed by atoms with E-state index >= 15 is 0 Å². The van der Waals surface area contributed by atoms with Gasteiger partial charge in [0.05, 0.1) is 35.8 Å². The van der Waals surface area contributed by atoms with Gasteiger partial charge in [0.25, 0.3) is 5.91 Å². The molecule has 7 nitrogen and oxygen atoms in total. The number of aromatic nitrogens is 4. The number of hydrogen-bond donors (Lipinski definition) is 1. The van der Waals surface area contributed by atoms with Crippen LogP contribution in [0.1, 0.15) is 21.7 Å². The highest BCUT2D eigenvalue weighted by Crippen LogP contribution is 2.35. The highest BCUT2D eigenvalue weighted by molar-refractivity contribution is 6.04. The highest BCUT2D eigenvalue weighted by Gasteiger charge is 2.34. The Hall–Kier alpha value is -3.95. The summed E-state index contributed by atoms with van der Waals surface area (Å²) in [6, 6.07) is 12.0. The van der Waals surface area contributed by atoms with Crippen molar-refractivity contribution in [2.75, 3.05) is 12.4 Å². The Kier molecular flexibility index (Phi) is 5.05. The fourth-order valence-corrected chi connectivity index (χ4v) is 3.24. The third-order valence-electron chi connectivity index (χ3n) is 4.74. The van der Waals surface area contributed by atoms with E-state index in [2.05, 4.69) is 20.6 Å². The molecule has 0 aliphatic carbocycles. The van der Waals surface area contributed by atoms with E-state index in [4.69, 9.17) is 4.74 Å². The van der Waals surface area contributed by atoms with Gasteiger partial charge in [-0.05, 0) is 25.1 Å². The number of carbonyl (C=O) groups is 1. The molecule has 0 saturated carbocycles. The van der Waals surface area contributed by atoms with Gasteiger partial charge in [0.15, 0.2) is 11.3 Å². The number of aryl methyl sites for hydroxylation is 1. The van der Waals surface area contributed by atoms with Crippen LogP contribution in [0.2, 0.25) is 0 Å². The maximum Gasteiger partial charge on any atom is 0.418 e. The lowest BCUT2D eigenvalue weighted by Crippen LogP contribution is -2.20. The number of hydrogen-bond acceptors (Lipinski definition) is 5. The first-order valence-corrected chi connectivity index (χ1v) is 9.13. The third-order valence-corrected chi connectivity index (χ3v) is 4.74. The molecule has 10 heteroatoms. The Morgan fingerprint density at radius 3 is 2.48 bits per heavy atom. The average Bonchev–Trinajstić information content (AvgIpc) is 3.18. The molecule has 2 heterocycles. The summed E-state index contributed by atoms with van der Waals surface area (Å²) in [5.41, 5.74) is 0.637. The molecular formula is C21H16F3N5O2. The minimum atomic E-state index is -4.61. The van der Waals surface area contributed by atoms with Crippen LogP contribution >= 0.6 is 0 Å². The van der Waals surface area contributed by atoms with Crippen molar-refractivity contribution in [3.8, 4) is 16.9 Å². The van der Waals surface area contributed by atoms with Crippen LogP contribution in [0.3, 0.4) is 0 Å². The molecule has 0 aliphatic rings. The SMILES string of the molecule is COc1ccccc1-c1cnn2c(C)c(C(=O)Nc3ccccc3C(F)(F)F)nnc12. The molecule has 4 aromatic rings. The third kappa shape index (κ3) is 3.67. The molecule has 0 unspecified atom stereocenters. The van der Waals surface area contributed by atoms with Crippen molar-refractivity contribution in [1.82, 2.24) is 19.8 Å². The zero-order chi connectivity index (χ0) is 22.2. The molecule has 4 rings (SSSR count). The van der Waals surface area contributed by atoms with E-state index in [0.29, 0.717) is 22.7 Å². The lowest BCUT2D eigenvalue weighted by molar-refractivity contribution is -0.136. The van der Waals surface area contributed by atoms with Crippen LogP contribution < -0.4 is 10.1 Å². The zero-order valence-electron chi connectivity index (χ0n) is 16.4. The molecule has 0 bridgehead atoms. The van der Waals surface area contributed by atoms with Crippen molar-refractivity contribution in [3.63, 3.8) is 0 Å². The maximum atomic E-state index is 13.2. The van der Waals surface area contributed by atoms with Gasteiger partial charge in [-0.25, -0.2) is 4.52 Å². The highest BCUT2D eigenvalue weighted by atomic mass is 19.4. The summed E-state index contributed by atoms with van der Waals surface area (Å²) in [6.45, 7) is 1.59. The van der Waals surface area contributed by atoms with Crippen molar-refractivity contribution in [1.29, 1.82) is 0 Å². The number of nitrogens with one attached hydrogen (secondary N) is 1. The average molecular weight is 427 g/mol. The van der Waals surface area contributed by atoms with Gasteiger partial charge in [-0.15, -0.1) is 10.2 Å². The van der Waals surface area contributed by atoms with E-state index in [-0.39, 0.29) is 11.4 Å². The van der Waals surface area contributed by atoms with Crippen LogP contribution in [0.25, 0.3) is 16.8 Å². The molecule has 1 N–H and O–H groups in total. The van der Waals surface area contributed by atoms with Gasteiger partial charge in [0.2, 0.25) is 0 Å². The maximum absolute atomic E-state index is 13.2. The molecule has 158 valence electrons. The van der Waals surface area contributed by atoms with E-state index in [0.717, 1.165) is 11.6 Å². The molecular weight excluding hydrogens is 411 g/mol. The summed E-state index contributed by atoms with van der Waals surface area (Å²) in [5.74, 6) is -0.208. The number of halogens is 3. The number of amides is 1. The fraction of sp³-hybridized carbons (Fsp3) is 0.143. The fourth-order valence-electron chi connectivity index (χ4n) is 3.24. The normalized spacial score (nSPS) is 11.5. The van der Waals surface area contributed by atoms with Crippen LogP contribution in [-0.2, 0) is 6.18 Å². The van der Waals surface area contributed by atoms with Gasteiger partial charge in [-0.3, -0.25) is 4.79 Å².